The van der Waals surface area contributed by atoms with Gasteiger partial charge in [-0.2, -0.15) is 18.2 Å². The third kappa shape index (κ3) is 2.76. The molecule has 1 aromatic carbocycles. The monoisotopic (exact) mass is 307 g/mol. The van der Waals surface area contributed by atoms with Crippen molar-refractivity contribution in [3.63, 3.8) is 0 Å². The van der Waals surface area contributed by atoms with Crippen LogP contribution in [-0.2, 0) is 6.18 Å². The van der Waals surface area contributed by atoms with Crippen LogP contribution >= 0.6 is 0 Å². The lowest BCUT2D eigenvalue weighted by molar-refractivity contribution is -0.137. The average molecular weight is 307 g/mol. The van der Waals surface area contributed by atoms with Crippen LogP contribution in [0.3, 0.4) is 0 Å². The van der Waals surface area contributed by atoms with Gasteiger partial charge in [0.1, 0.15) is 0 Å². The zero-order chi connectivity index (χ0) is 15.7. The number of pyridine rings is 1. The molecule has 0 saturated heterocycles. The van der Waals surface area contributed by atoms with E-state index in [1.54, 1.807) is 0 Å². The zero-order valence-corrected chi connectivity index (χ0v) is 10.9. The van der Waals surface area contributed by atoms with E-state index in [4.69, 9.17) is 4.52 Å². The molecule has 0 amide bonds. The molecule has 0 spiro atoms. The Morgan fingerprint density at radius 2 is 1.68 bits per heavy atom. The van der Waals surface area contributed by atoms with Gasteiger partial charge in [0.2, 0.25) is 11.4 Å². The summed E-state index contributed by atoms with van der Waals surface area (Å²) in [6, 6.07) is 7.22. The molecular formula is C14H8F3N3O2. The fourth-order valence-corrected chi connectivity index (χ4v) is 1.81. The lowest BCUT2D eigenvalue weighted by atomic mass is 10.1. The van der Waals surface area contributed by atoms with Crippen molar-refractivity contribution in [1.29, 1.82) is 0 Å². The molecule has 5 nitrogen and oxygen atoms in total. The third-order valence-corrected chi connectivity index (χ3v) is 2.93. The van der Waals surface area contributed by atoms with Crippen molar-refractivity contribution >= 4 is 0 Å². The molecule has 0 atom stereocenters. The van der Waals surface area contributed by atoms with Crippen molar-refractivity contribution in [2.24, 2.45) is 0 Å². The van der Waals surface area contributed by atoms with Crippen molar-refractivity contribution < 1.29 is 17.7 Å². The van der Waals surface area contributed by atoms with Crippen LogP contribution in [0.4, 0.5) is 13.2 Å². The lowest BCUT2D eigenvalue weighted by Crippen LogP contribution is -2.04. The predicted molar refractivity (Wildman–Crippen MR) is 70.8 cm³/mol. The van der Waals surface area contributed by atoms with Crippen molar-refractivity contribution in [2.75, 3.05) is 0 Å². The van der Waals surface area contributed by atoms with Gasteiger partial charge in [-0.3, -0.25) is 4.79 Å². The number of halogens is 3. The zero-order valence-electron chi connectivity index (χ0n) is 10.9. The lowest BCUT2D eigenvalue weighted by Gasteiger charge is -2.05. The van der Waals surface area contributed by atoms with Gasteiger partial charge >= 0.3 is 6.18 Å². The van der Waals surface area contributed by atoms with Crippen LogP contribution in [0.5, 0.6) is 0 Å². The van der Waals surface area contributed by atoms with E-state index in [9.17, 15) is 18.0 Å². The highest BCUT2D eigenvalue weighted by Crippen LogP contribution is 2.30. The van der Waals surface area contributed by atoms with Gasteiger partial charge in [-0.15, -0.1) is 0 Å². The molecule has 0 fully saturated rings. The summed E-state index contributed by atoms with van der Waals surface area (Å²) >= 11 is 0. The number of benzene rings is 1. The van der Waals surface area contributed by atoms with Gasteiger partial charge in [-0.1, -0.05) is 5.16 Å². The number of nitrogens with one attached hydrogen (secondary N) is 1. The summed E-state index contributed by atoms with van der Waals surface area (Å²) in [6.45, 7) is 0. The Bertz CT molecular complexity index is 830. The van der Waals surface area contributed by atoms with E-state index in [1.165, 1.54) is 30.5 Å². The normalized spacial score (nSPS) is 11.6. The van der Waals surface area contributed by atoms with Crippen LogP contribution in [0.25, 0.3) is 22.8 Å². The Balaban J connectivity index is 1.90. The van der Waals surface area contributed by atoms with Gasteiger partial charge in [-0.05, 0) is 30.3 Å². The molecule has 0 aliphatic carbocycles. The Morgan fingerprint density at radius 1 is 1.00 bits per heavy atom. The number of nitrogens with zero attached hydrogens (tertiary/aromatic N) is 2. The van der Waals surface area contributed by atoms with Gasteiger partial charge < -0.3 is 9.51 Å². The summed E-state index contributed by atoms with van der Waals surface area (Å²) in [6.07, 6.45) is -2.97. The van der Waals surface area contributed by atoms with Crippen LogP contribution in [0.2, 0.25) is 0 Å². The maximum Gasteiger partial charge on any atom is 0.416 e. The second kappa shape index (κ2) is 5.14. The summed E-state index contributed by atoms with van der Waals surface area (Å²) in [4.78, 5) is 17.5. The molecule has 22 heavy (non-hydrogen) atoms. The van der Waals surface area contributed by atoms with Gasteiger partial charge in [0.15, 0.2) is 0 Å². The molecule has 0 aliphatic rings. The third-order valence-electron chi connectivity index (χ3n) is 2.93. The number of hydrogen-bond donors (Lipinski definition) is 1. The van der Waals surface area contributed by atoms with E-state index >= 15 is 0 Å². The van der Waals surface area contributed by atoms with Crippen LogP contribution in [0.1, 0.15) is 5.56 Å². The average Bonchev–Trinajstić information content (AvgIpc) is 2.97. The first-order valence-corrected chi connectivity index (χ1v) is 6.14. The van der Waals surface area contributed by atoms with E-state index < -0.39 is 11.7 Å². The van der Waals surface area contributed by atoms with Crippen LogP contribution in [-0.4, -0.2) is 15.1 Å². The molecule has 0 unspecified atom stereocenters. The first kappa shape index (κ1) is 14.1. The van der Waals surface area contributed by atoms with E-state index in [0.717, 1.165) is 12.1 Å². The van der Waals surface area contributed by atoms with Crippen molar-refractivity contribution in [2.45, 2.75) is 6.18 Å². The second-order valence-electron chi connectivity index (χ2n) is 4.44. The minimum atomic E-state index is -4.39. The molecule has 0 radical (unpaired) electrons. The Kier molecular flexibility index (Phi) is 3.28. The van der Waals surface area contributed by atoms with Crippen LogP contribution < -0.4 is 5.56 Å². The molecular weight excluding hydrogens is 299 g/mol. The Morgan fingerprint density at radius 3 is 2.27 bits per heavy atom. The first-order valence-electron chi connectivity index (χ1n) is 6.14. The molecule has 3 rings (SSSR count). The minimum Gasteiger partial charge on any atom is -0.334 e. The smallest absolute Gasteiger partial charge is 0.334 e. The van der Waals surface area contributed by atoms with Crippen molar-refractivity contribution in [1.82, 2.24) is 15.1 Å². The Labute approximate surface area is 121 Å². The first-order chi connectivity index (χ1) is 10.4. The van der Waals surface area contributed by atoms with Gasteiger partial charge in [0.25, 0.3) is 5.89 Å². The Hall–Kier alpha value is -2.90. The second-order valence-corrected chi connectivity index (χ2v) is 4.44. The summed E-state index contributed by atoms with van der Waals surface area (Å²) in [5, 5.41) is 3.73. The van der Waals surface area contributed by atoms with Gasteiger partial charge in [-0.25, -0.2) is 0 Å². The molecule has 2 heterocycles. The SMILES string of the molecule is O=c1ccc(-c2noc(-c3ccc(C(F)(F)F)cc3)n2)c[nH]1. The highest BCUT2D eigenvalue weighted by atomic mass is 19.4. The molecule has 0 bridgehead atoms. The maximum atomic E-state index is 12.5. The topological polar surface area (TPSA) is 71.8 Å². The molecule has 3 aromatic rings. The number of alkyl halides is 3. The fourth-order valence-electron chi connectivity index (χ4n) is 1.81. The molecule has 0 saturated carbocycles. The van der Waals surface area contributed by atoms with Gasteiger partial charge in [0.05, 0.1) is 5.56 Å². The summed E-state index contributed by atoms with van der Waals surface area (Å²) < 4.78 is 42.5. The van der Waals surface area contributed by atoms with Crippen molar-refractivity contribution in [3.8, 4) is 22.8 Å². The van der Waals surface area contributed by atoms with E-state index in [1.807, 2.05) is 0 Å². The largest absolute Gasteiger partial charge is 0.416 e. The number of aromatic amines is 1. The molecule has 8 heteroatoms. The van der Waals surface area contributed by atoms with Crippen molar-refractivity contribution in [3.05, 3.63) is 58.5 Å². The molecule has 0 aliphatic heterocycles. The summed E-state index contributed by atoms with van der Waals surface area (Å²) in [5.74, 6) is 0.320. The van der Waals surface area contributed by atoms with E-state index in [2.05, 4.69) is 15.1 Å². The van der Waals surface area contributed by atoms with Crippen LogP contribution in [0.15, 0.2) is 51.9 Å². The molecule has 1 N–H and O–H groups in total. The molecule has 2 aromatic heterocycles. The highest BCUT2D eigenvalue weighted by Gasteiger charge is 2.30. The van der Waals surface area contributed by atoms with Gasteiger partial charge in [0, 0.05) is 23.4 Å². The number of H-pyrrole nitrogens is 1. The predicted octanol–water partition coefficient (Wildman–Crippen LogP) is 3.11. The number of hydrogen-bond acceptors (Lipinski definition) is 4. The number of aromatic nitrogens is 3. The fraction of sp³-hybridized carbons (Fsp3) is 0.0714. The number of rotatable bonds is 2. The maximum absolute atomic E-state index is 12.5. The molecule has 112 valence electrons. The van der Waals surface area contributed by atoms with E-state index in [0.29, 0.717) is 11.1 Å². The minimum absolute atomic E-state index is 0.0925. The standard InChI is InChI=1S/C14H8F3N3O2/c15-14(16,17)10-4-1-8(2-5-10)13-19-12(20-22-13)9-3-6-11(21)18-7-9/h1-7H,(H,18,21). The quantitative estimate of drug-likeness (QED) is 0.789. The summed E-state index contributed by atoms with van der Waals surface area (Å²) in [5.41, 5.74) is -0.121. The summed E-state index contributed by atoms with van der Waals surface area (Å²) in [7, 11) is 0. The highest BCUT2D eigenvalue weighted by molar-refractivity contribution is 5.59. The van der Waals surface area contributed by atoms with E-state index in [-0.39, 0.29) is 17.3 Å². The van der Waals surface area contributed by atoms with Crippen LogP contribution in [0, 0.1) is 0 Å².